The van der Waals surface area contributed by atoms with Gasteiger partial charge in [0.2, 0.25) is 0 Å². The number of ether oxygens (including phenoxy) is 2. The molecule has 2 aromatic rings. The molecule has 0 unspecified atom stereocenters. The third kappa shape index (κ3) is 2.23. The maximum absolute atomic E-state index is 12.9. The fourth-order valence-electron chi connectivity index (χ4n) is 4.83. The number of ketones is 1. The van der Waals surface area contributed by atoms with Crippen molar-refractivity contribution < 1.29 is 18.7 Å². The van der Waals surface area contributed by atoms with E-state index in [-0.39, 0.29) is 23.0 Å². The molecule has 0 bridgehead atoms. The molecule has 1 aliphatic carbocycles. The molecular weight excluding hydrogens is 344 g/mol. The number of hydrogen-bond acceptors (Lipinski definition) is 5. The standard InChI is InChI=1S/C22H22O5/c1-11-9-26-21-12(20(11)24)7-8-15-19(21)17-13(10-25-15)22(2,3)27-16-6-4-5-14(23)18(16)17/h7-9,13,17H,4-6,10H2,1-3H3/t13-,17+/m1/s1. The summed E-state index contributed by atoms with van der Waals surface area (Å²) in [6.07, 6.45) is 3.63. The van der Waals surface area contributed by atoms with E-state index in [1.54, 1.807) is 13.0 Å². The molecule has 140 valence electrons. The highest BCUT2D eigenvalue weighted by Crippen LogP contribution is 2.54. The summed E-state index contributed by atoms with van der Waals surface area (Å²) in [5.74, 6) is 1.44. The van der Waals surface area contributed by atoms with Crippen LogP contribution in [0.15, 0.2) is 38.9 Å². The molecule has 27 heavy (non-hydrogen) atoms. The zero-order valence-electron chi connectivity index (χ0n) is 15.8. The first-order chi connectivity index (χ1) is 12.9. The maximum Gasteiger partial charge on any atom is 0.195 e. The number of benzene rings is 1. The van der Waals surface area contributed by atoms with Crippen molar-refractivity contribution in [1.82, 2.24) is 0 Å². The maximum atomic E-state index is 12.9. The Balaban J connectivity index is 1.85. The van der Waals surface area contributed by atoms with Crippen molar-refractivity contribution in [3.63, 3.8) is 0 Å². The first kappa shape index (κ1) is 16.6. The van der Waals surface area contributed by atoms with Gasteiger partial charge >= 0.3 is 0 Å². The second-order valence-corrected chi connectivity index (χ2v) is 8.32. The van der Waals surface area contributed by atoms with Gasteiger partial charge in [0.25, 0.3) is 0 Å². The number of aryl methyl sites for hydroxylation is 1. The van der Waals surface area contributed by atoms with Crippen molar-refractivity contribution in [1.29, 1.82) is 0 Å². The van der Waals surface area contributed by atoms with Crippen LogP contribution in [0.2, 0.25) is 0 Å². The zero-order chi connectivity index (χ0) is 18.9. The van der Waals surface area contributed by atoms with Gasteiger partial charge in [-0.25, -0.2) is 0 Å². The molecule has 0 N–H and O–H groups in total. The highest BCUT2D eigenvalue weighted by Gasteiger charge is 2.51. The molecule has 3 aliphatic rings. The van der Waals surface area contributed by atoms with Crippen LogP contribution in [0.25, 0.3) is 11.0 Å². The van der Waals surface area contributed by atoms with Gasteiger partial charge in [-0.15, -0.1) is 0 Å². The van der Waals surface area contributed by atoms with Crippen molar-refractivity contribution in [2.24, 2.45) is 5.92 Å². The third-order valence-corrected chi connectivity index (χ3v) is 6.24. The first-order valence-corrected chi connectivity index (χ1v) is 9.51. The van der Waals surface area contributed by atoms with Crippen LogP contribution in [0, 0.1) is 12.8 Å². The molecule has 0 saturated heterocycles. The van der Waals surface area contributed by atoms with Crippen molar-refractivity contribution in [3.05, 3.63) is 51.1 Å². The van der Waals surface area contributed by atoms with Gasteiger partial charge in [-0.2, -0.15) is 0 Å². The molecule has 0 radical (unpaired) electrons. The monoisotopic (exact) mass is 366 g/mol. The van der Waals surface area contributed by atoms with Crippen molar-refractivity contribution >= 4 is 16.8 Å². The van der Waals surface area contributed by atoms with E-state index in [9.17, 15) is 9.59 Å². The number of Topliss-reactive ketones (excluding diaryl/α,β-unsaturated/α-hetero) is 1. The summed E-state index contributed by atoms with van der Waals surface area (Å²) >= 11 is 0. The molecule has 0 amide bonds. The Kier molecular flexibility index (Phi) is 3.37. The van der Waals surface area contributed by atoms with Gasteiger partial charge in [-0.3, -0.25) is 9.59 Å². The smallest absolute Gasteiger partial charge is 0.195 e. The fourth-order valence-corrected chi connectivity index (χ4v) is 4.83. The van der Waals surface area contributed by atoms with Crippen molar-refractivity contribution in [2.75, 3.05) is 6.61 Å². The number of hydrogen-bond donors (Lipinski definition) is 0. The SMILES string of the molecule is Cc1coc2c3c(ccc2c1=O)OC[C@@H]1[C@H]3C2=C(CCCC2=O)OC1(C)C. The number of carbonyl (C=O) groups is 1. The van der Waals surface area contributed by atoms with E-state index in [1.807, 2.05) is 19.9 Å². The van der Waals surface area contributed by atoms with Crippen LogP contribution in [0.3, 0.4) is 0 Å². The molecule has 2 aliphatic heterocycles. The van der Waals surface area contributed by atoms with Crippen LogP contribution < -0.4 is 10.2 Å². The minimum atomic E-state index is -0.466. The van der Waals surface area contributed by atoms with Gasteiger partial charge < -0.3 is 13.9 Å². The molecule has 1 aromatic heterocycles. The van der Waals surface area contributed by atoms with E-state index in [0.29, 0.717) is 35.3 Å². The first-order valence-electron chi connectivity index (χ1n) is 9.51. The van der Waals surface area contributed by atoms with Gasteiger partial charge in [-0.1, -0.05) is 0 Å². The van der Waals surface area contributed by atoms with E-state index in [4.69, 9.17) is 13.9 Å². The molecule has 5 rings (SSSR count). The van der Waals surface area contributed by atoms with E-state index in [0.717, 1.165) is 29.7 Å². The lowest BCUT2D eigenvalue weighted by atomic mass is 9.67. The molecule has 3 heterocycles. The second-order valence-electron chi connectivity index (χ2n) is 8.32. The van der Waals surface area contributed by atoms with Gasteiger partial charge in [0.15, 0.2) is 11.2 Å². The summed E-state index contributed by atoms with van der Waals surface area (Å²) in [4.78, 5) is 25.5. The van der Waals surface area contributed by atoms with Crippen molar-refractivity contribution in [2.45, 2.75) is 51.6 Å². The van der Waals surface area contributed by atoms with Crippen LogP contribution in [0.4, 0.5) is 0 Å². The predicted octanol–water partition coefficient (Wildman–Crippen LogP) is 4.01. The summed E-state index contributed by atoms with van der Waals surface area (Å²) in [5.41, 5.74) is 2.16. The second kappa shape index (κ2) is 5.47. The van der Waals surface area contributed by atoms with Gasteiger partial charge in [0.05, 0.1) is 18.3 Å². The molecule has 2 atom stereocenters. The van der Waals surface area contributed by atoms with Crippen molar-refractivity contribution in [3.8, 4) is 5.75 Å². The molecule has 0 spiro atoms. The lowest BCUT2D eigenvalue weighted by Gasteiger charge is -2.48. The van der Waals surface area contributed by atoms with Gasteiger partial charge in [0.1, 0.15) is 22.7 Å². The highest BCUT2D eigenvalue weighted by molar-refractivity contribution is 5.99. The minimum absolute atomic E-state index is 0.0250. The summed E-state index contributed by atoms with van der Waals surface area (Å²) in [5, 5.41) is 0.535. The number of fused-ring (bicyclic) bond motifs is 6. The quantitative estimate of drug-likeness (QED) is 0.705. The Morgan fingerprint density at radius 3 is 2.78 bits per heavy atom. The Hall–Kier alpha value is -2.56. The summed E-state index contributed by atoms with van der Waals surface area (Å²) in [7, 11) is 0. The van der Waals surface area contributed by atoms with Crippen LogP contribution in [0.5, 0.6) is 5.75 Å². The third-order valence-electron chi connectivity index (χ3n) is 6.24. The zero-order valence-corrected chi connectivity index (χ0v) is 15.8. The van der Waals surface area contributed by atoms with E-state index in [1.165, 1.54) is 6.26 Å². The number of carbonyl (C=O) groups excluding carboxylic acids is 1. The number of allylic oxidation sites excluding steroid dienone is 2. The topological polar surface area (TPSA) is 65.7 Å². The lowest BCUT2D eigenvalue weighted by molar-refractivity contribution is -0.121. The molecule has 1 aromatic carbocycles. The largest absolute Gasteiger partial charge is 0.493 e. The van der Waals surface area contributed by atoms with Crippen LogP contribution in [-0.2, 0) is 9.53 Å². The lowest BCUT2D eigenvalue weighted by Crippen LogP contribution is -2.49. The van der Waals surface area contributed by atoms with Crippen LogP contribution in [0.1, 0.15) is 50.2 Å². The number of rotatable bonds is 0. The Morgan fingerprint density at radius 2 is 1.96 bits per heavy atom. The molecule has 0 fully saturated rings. The van der Waals surface area contributed by atoms with Crippen LogP contribution in [-0.4, -0.2) is 18.0 Å². The average Bonchev–Trinajstić information content (AvgIpc) is 2.63. The Bertz CT molecular complexity index is 1070. The fraction of sp³-hybridized carbons (Fsp3) is 0.455. The normalized spacial score (nSPS) is 26.0. The summed E-state index contributed by atoms with van der Waals surface area (Å²) in [6, 6.07) is 3.59. The summed E-state index contributed by atoms with van der Waals surface area (Å²) in [6.45, 7) is 6.31. The minimum Gasteiger partial charge on any atom is -0.493 e. The van der Waals surface area contributed by atoms with Gasteiger partial charge in [0, 0.05) is 41.4 Å². The summed E-state index contributed by atoms with van der Waals surface area (Å²) < 4.78 is 18.2. The molecule has 5 nitrogen and oxygen atoms in total. The predicted molar refractivity (Wildman–Crippen MR) is 100.0 cm³/mol. The molecule has 0 saturated carbocycles. The molecular formula is C22H22O5. The van der Waals surface area contributed by atoms with E-state index >= 15 is 0 Å². The highest BCUT2D eigenvalue weighted by atomic mass is 16.5. The Labute approximate surface area is 157 Å². The average molecular weight is 366 g/mol. The van der Waals surface area contributed by atoms with E-state index in [2.05, 4.69) is 0 Å². The van der Waals surface area contributed by atoms with E-state index < -0.39 is 5.60 Å². The van der Waals surface area contributed by atoms with Crippen LogP contribution >= 0.6 is 0 Å². The van der Waals surface area contributed by atoms with Gasteiger partial charge in [-0.05, 0) is 39.3 Å². The molecule has 5 heteroatoms. The Morgan fingerprint density at radius 1 is 1.15 bits per heavy atom.